The van der Waals surface area contributed by atoms with Gasteiger partial charge in [0.15, 0.2) is 0 Å². The van der Waals surface area contributed by atoms with E-state index in [4.69, 9.17) is 9.47 Å². The van der Waals surface area contributed by atoms with E-state index in [1.165, 1.54) is 11.5 Å². The molecule has 7 heteroatoms. The summed E-state index contributed by atoms with van der Waals surface area (Å²) in [5.41, 5.74) is -0.0848. The molecular formula is C14H24N4O2S. The monoisotopic (exact) mass is 312 g/mol. The topological polar surface area (TPSA) is 50.7 Å². The van der Waals surface area contributed by atoms with Crippen LogP contribution in [0.2, 0.25) is 0 Å². The summed E-state index contributed by atoms with van der Waals surface area (Å²) in [5.74, 6) is 0.791. The fraction of sp³-hybridized carbons (Fsp3) is 0.857. The predicted octanol–water partition coefficient (Wildman–Crippen LogP) is 1.77. The van der Waals surface area contributed by atoms with Crippen molar-refractivity contribution < 1.29 is 9.47 Å². The Morgan fingerprint density at radius 1 is 1.38 bits per heavy atom. The average Bonchev–Trinajstić information content (AvgIpc) is 2.99. The van der Waals surface area contributed by atoms with Gasteiger partial charge in [0.05, 0.1) is 11.7 Å². The van der Waals surface area contributed by atoms with Crippen LogP contribution >= 0.6 is 11.5 Å². The molecule has 21 heavy (non-hydrogen) atoms. The molecule has 1 aromatic rings. The summed E-state index contributed by atoms with van der Waals surface area (Å²) in [4.78, 5) is 8.85. The minimum Gasteiger partial charge on any atom is -0.378 e. The van der Waals surface area contributed by atoms with Crippen molar-refractivity contribution in [3.63, 3.8) is 0 Å². The summed E-state index contributed by atoms with van der Waals surface area (Å²) in [5, 5.41) is 1.01. The summed E-state index contributed by atoms with van der Waals surface area (Å²) in [6, 6.07) is 0. The molecular weight excluding hydrogens is 288 g/mol. The van der Waals surface area contributed by atoms with Crippen LogP contribution in [0.25, 0.3) is 0 Å². The van der Waals surface area contributed by atoms with Gasteiger partial charge in [0.1, 0.15) is 0 Å². The molecule has 2 saturated heterocycles. The molecule has 0 bridgehead atoms. The average molecular weight is 312 g/mol. The molecule has 0 radical (unpaired) electrons. The van der Waals surface area contributed by atoms with E-state index >= 15 is 0 Å². The van der Waals surface area contributed by atoms with Crippen molar-refractivity contribution in [2.75, 3.05) is 50.7 Å². The third-order valence-corrected chi connectivity index (χ3v) is 5.32. The molecule has 0 unspecified atom stereocenters. The van der Waals surface area contributed by atoms with Crippen molar-refractivity contribution in [1.29, 1.82) is 0 Å². The minimum absolute atomic E-state index is 0.0848. The highest BCUT2D eigenvalue weighted by Gasteiger charge is 2.45. The van der Waals surface area contributed by atoms with Gasteiger partial charge in [0.25, 0.3) is 0 Å². The molecule has 0 aliphatic carbocycles. The van der Waals surface area contributed by atoms with Gasteiger partial charge in [0, 0.05) is 52.4 Å². The molecule has 0 aromatic carbocycles. The Labute approximate surface area is 130 Å². The number of hydrogen-bond acceptors (Lipinski definition) is 7. The first-order chi connectivity index (χ1) is 10.1. The van der Waals surface area contributed by atoms with Crippen molar-refractivity contribution in [2.45, 2.75) is 37.4 Å². The maximum Gasteiger partial charge on any atom is 0.238 e. The predicted molar refractivity (Wildman–Crippen MR) is 84.4 cm³/mol. The van der Waals surface area contributed by atoms with Gasteiger partial charge in [-0.25, -0.2) is 0 Å². The summed E-state index contributed by atoms with van der Waals surface area (Å²) < 4.78 is 16.2. The largest absolute Gasteiger partial charge is 0.378 e. The van der Waals surface area contributed by atoms with Gasteiger partial charge >= 0.3 is 0 Å². The Balaban J connectivity index is 1.66. The third kappa shape index (κ3) is 2.86. The van der Waals surface area contributed by atoms with E-state index < -0.39 is 0 Å². The first-order valence-corrected chi connectivity index (χ1v) is 8.35. The molecule has 1 atom stereocenters. The normalized spacial score (nSPS) is 25.3. The molecule has 2 fully saturated rings. The Bertz CT molecular complexity index is 471. The number of methoxy groups -OCH3 is 1. The lowest BCUT2D eigenvalue weighted by Gasteiger charge is -2.47. The fourth-order valence-corrected chi connectivity index (χ4v) is 4.08. The molecule has 1 aromatic heterocycles. The van der Waals surface area contributed by atoms with Crippen molar-refractivity contribution in [2.24, 2.45) is 0 Å². The van der Waals surface area contributed by atoms with Crippen LogP contribution in [0.4, 0.5) is 11.1 Å². The summed E-state index contributed by atoms with van der Waals surface area (Å²) in [6.45, 7) is 2.79. The third-order valence-electron chi connectivity index (χ3n) is 4.56. The lowest BCUT2D eigenvalue weighted by molar-refractivity contribution is -0.175. The highest BCUT2D eigenvalue weighted by molar-refractivity contribution is 7.09. The van der Waals surface area contributed by atoms with Gasteiger partial charge in [-0.15, -0.1) is 0 Å². The van der Waals surface area contributed by atoms with Crippen molar-refractivity contribution >= 4 is 22.6 Å². The Hall–Kier alpha value is -0.920. The molecule has 0 amide bonds. The molecule has 3 heterocycles. The van der Waals surface area contributed by atoms with Gasteiger partial charge < -0.3 is 19.3 Å². The summed E-state index contributed by atoms with van der Waals surface area (Å²) in [7, 11) is 5.74. The molecule has 118 valence electrons. The number of rotatable bonds is 3. The molecule has 0 saturated carbocycles. The van der Waals surface area contributed by atoms with Gasteiger partial charge in [-0.1, -0.05) is 0 Å². The van der Waals surface area contributed by atoms with Crippen molar-refractivity contribution in [3.05, 3.63) is 0 Å². The molecule has 2 aliphatic heterocycles. The maximum atomic E-state index is 6.15. The van der Waals surface area contributed by atoms with Crippen molar-refractivity contribution in [3.8, 4) is 0 Å². The standard InChI is InChI=1S/C14H24N4O2S/c1-17(2)12-15-13(21-16-12)18-8-6-14(7-9-18)11(19-3)5-4-10-20-14/h11H,4-10H2,1-3H3/t11-/m0/s1. The van der Waals surface area contributed by atoms with E-state index in [9.17, 15) is 0 Å². The van der Waals surface area contributed by atoms with Gasteiger partial charge in [-0.3, -0.25) is 0 Å². The SMILES string of the molecule is CO[C@H]1CCCOC12CCN(c1nc(N(C)C)ns1)CC2. The van der Waals surface area contributed by atoms with Crippen LogP contribution in [-0.2, 0) is 9.47 Å². The zero-order chi connectivity index (χ0) is 14.9. The number of piperidine rings is 1. The molecule has 0 N–H and O–H groups in total. The second-order valence-electron chi connectivity index (χ2n) is 6.04. The minimum atomic E-state index is -0.0848. The van der Waals surface area contributed by atoms with Crippen LogP contribution < -0.4 is 9.80 Å². The van der Waals surface area contributed by atoms with E-state index in [1.54, 1.807) is 0 Å². The summed E-state index contributed by atoms with van der Waals surface area (Å²) >= 11 is 1.48. The highest BCUT2D eigenvalue weighted by atomic mass is 32.1. The highest BCUT2D eigenvalue weighted by Crippen LogP contribution is 2.38. The van der Waals surface area contributed by atoms with Crippen LogP contribution in [0.1, 0.15) is 25.7 Å². The van der Waals surface area contributed by atoms with E-state index in [2.05, 4.69) is 14.3 Å². The number of nitrogens with zero attached hydrogens (tertiary/aromatic N) is 4. The lowest BCUT2D eigenvalue weighted by Crippen LogP contribution is -2.56. The van der Waals surface area contributed by atoms with Crippen LogP contribution in [-0.4, -0.2) is 62.0 Å². The van der Waals surface area contributed by atoms with Crippen molar-refractivity contribution in [1.82, 2.24) is 9.36 Å². The number of anilines is 2. The smallest absolute Gasteiger partial charge is 0.238 e. The maximum absolute atomic E-state index is 6.15. The Morgan fingerprint density at radius 3 is 2.76 bits per heavy atom. The fourth-order valence-electron chi connectivity index (χ4n) is 3.29. The number of ether oxygens (including phenoxy) is 2. The van der Waals surface area contributed by atoms with E-state index in [0.29, 0.717) is 0 Å². The zero-order valence-electron chi connectivity index (χ0n) is 13.0. The van der Waals surface area contributed by atoms with Crippen LogP contribution in [0.5, 0.6) is 0 Å². The quantitative estimate of drug-likeness (QED) is 0.848. The van der Waals surface area contributed by atoms with E-state index in [0.717, 1.165) is 56.5 Å². The van der Waals surface area contributed by atoms with Gasteiger partial charge in [0.2, 0.25) is 11.1 Å². The molecule has 6 nitrogen and oxygen atoms in total. The van der Waals surface area contributed by atoms with E-state index in [-0.39, 0.29) is 11.7 Å². The lowest BCUT2D eigenvalue weighted by atomic mass is 9.82. The van der Waals surface area contributed by atoms with E-state index in [1.807, 2.05) is 26.1 Å². The molecule has 1 spiro atoms. The van der Waals surface area contributed by atoms with Gasteiger partial charge in [-0.2, -0.15) is 9.36 Å². The second kappa shape index (κ2) is 6.06. The van der Waals surface area contributed by atoms with Crippen LogP contribution in [0.3, 0.4) is 0 Å². The van der Waals surface area contributed by atoms with Crippen LogP contribution in [0.15, 0.2) is 0 Å². The number of hydrogen-bond donors (Lipinski definition) is 0. The Morgan fingerprint density at radius 2 is 2.14 bits per heavy atom. The first kappa shape index (κ1) is 15.0. The molecule has 2 aliphatic rings. The Kier molecular flexibility index (Phi) is 4.33. The second-order valence-corrected chi connectivity index (χ2v) is 6.77. The number of aromatic nitrogens is 2. The van der Waals surface area contributed by atoms with Gasteiger partial charge in [-0.05, 0) is 25.7 Å². The zero-order valence-corrected chi connectivity index (χ0v) is 13.9. The van der Waals surface area contributed by atoms with Crippen LogP contribution in [0, 0.1) is 0 Å². The first-order valence-electron chi connectivity index (χ1n) is 7.57. The summed E-state index contributed by atoms with van der Waals surface area (Å²) in [6.07, 6.45) is 4.46. The molecule has 3 rings (SSSR count).